The second-order valence-corrected chi connectivity index (χ2v) is 7.31. The summed E-state index contributed by atoms with van der Waals surface area (Å²) < 4.78 is 9.96. The Morgan fingerprint density at radius 1 is 1.23 bits per heavy atom. The first kappa shape index (κ1) is 22.3. The number of allylic oxidation sites excluding steroid dienone is 2. The number of methoxy groups -OCH3 is 1. The smallest absolute Gasteiger partial charge is 0.328 e. The summed E-state index contributed by atoms with van der Waals surface area (Å²) in [5.74, 6) is -2.43. The molecule has 164 valence electrons. The molecule has 0 amide bonds. The Labute approximate surface area is 180 Å². The molecule has 2 aliphatic heterocycles. The van der Waals surface area contributed by atoms with E-state index in [4.69, 9.17) is 9.47 Å². The molecule has 2 unspecified atom stereocenters. The van der Waals surface area contributed by atoms with E-state index in [0.717, 1.165) is 11.1 Å². The molecule has 2 atom stereocenters. The fraction of sp³-hybridized carbons (Fsp3) is 0.391. The first-order valence-electron chi connectivity index (χ1n) is 10.2. The second-order valence-electron chi connectivity index (χ2n) is 7.31. The van der Waals surface area contributed by atoms with Gasteiger partial charge in [0.1, 0.15) is 6.04 Å². The van der Waals surface area contributed by atoms with Gasteiger partial charge in [-0.05, 0) is 31.4 Å². The monoisotopic (exact) mass is 426 g/mol. The zero-order valence-corrected chi connectivity index (χ0v) is 17.6. The molecule has 31 heavy (non-hydrogen) atoms. The van der Waals surface area contributed by atoms with Crippen molar-refractivity contribution in [3.05, 3.63) is 47.6 Å². The Balaban J connectivity index is 2.05. The Morgan fingerprint density at radius 3 is 2.71 bits per heavy atom. The number of anilines is 1. The lowest BCUT2D eigenvalue weighted by molar-refractivity contribution is -0.144. The molecule has 3 rings (SSSR count). The number of carboxylic acids is 1. The van der Waals surface area contributed by atoms with Crippen LogP contribution in [0.1, 0.15) is 37.3 Å². The molecule has 0 radical (unpaired) electrons. The molecule has 0 aromatic heterocycles. The van der Waals surface area contributed by atoms with Crippen molar-refractivity contribution in [2.75, 3.05) is 19.0 Å². The van der Waals surface area contributed by atoms with E-state index < -0.39 is 23.9 Å². The predicted molar refractivity (Wildman–Crippen MR) is 116 cm³/mol. The minimum absolute atomic E-state index is 0.0874. The number of benzene rings is 1. The van der Waals surface area contributed by atoms with Gasteiger partial charge in [0.15, 0.2) is 0 Å². The molecule has 0 fully saturated rings. The largest absolute Gasteiger partial charge is 0.481 e. The second kappa shape index (κ2) is 10.1. The summed E-state index contributed by atoms with van der Waals surface area (Å²) in [5.41, 5.74) is 3.30. The van der Waals surface area contributed by atoms with Gasteiger partial charge in [0, 0.05) is 23.4 Å². The van der Waals surface area contributed by atoms with Gasteiger partial charge in [0.25, 0.3) is 0 Å². The van der Waals surface area contributed by atoms with Crippen LogP contribution in [0.2, 0.25) is 0 Å². The molecule has 2 heterocycles. The highest BCUT2D eigenvalue weighted by atomic mass is 16.5. The van der Waals surface area contributed by atoms with Crippen LogP contribution >= 0.6 is 0 Å². The van der Waals surface area contributed by atoms with Gasteiger partial charge < -0.3 is 19.9 Å². The molecule has 2 N–H and O–H groups in total. The fourth-order valence-electron chi connectivity index (χ4n) is 3.61. The SMILES string of the molecule is CCOC(=O)C1C/C=C/CC(C(=O)O)C2=NC(=CC2)c2ccc(CC(=O)OC)cc2N1. The Kier molecular flexibility index (Phi) is 7.23. The quantitative estimate of drug-likeness (QED) is 0.549. The number of fused-ring (bicyclic) bond motifs is 3. The Bertz CT molecular complexity index is 963. The summed E-state index contributed by atoms with van der Waals surface area (Å²) in [6.45, 7) is 1.98. The molecular weight excluding hydrogens is 400 g/mol. The predicted octanol–water partition coefficient (Wildman–Crippen LogP) is 2.98. The number of aliphatic carboxylic acids is 1. The first-order chi connectivity index (χ1) is 14.9. The standard InChI is InChI=1S/C23H26N2O6/c1-3-31-23(29)19-7-5-4-6-16(22(27)28)18-11-10-17(24-18)15-9-8-14(12-20(15)25-19)13-21(26)30-2/h4-5,8-10,12,16,19,25H,3,6-7,11,13H2,1-2H3,(H,27,28)/b5-4+. The summed E-state index contributed by atoms with van der Waals surface area (Å²) in [4.78, 5) is 40.6. The Morgan fingerprint density at radius 2 is 2.00 bits per heavy atom. The van der Waals surface area contributed by atoms with Crippen LogP contribution in [0.3, 0.4) is 0 Å². The summed E-state index contributed by atoms with van der Waals surface area (Å²) in [6.07, 6.45) is 6.60. The van der Waals surface area contributed by atoms with Crippen molar-refractivity contribution in [2.24, 2.45) is 10.9 Å². The van der Waals surface area contributed by atoms with Gasteiger partial charge in [-0.25, -0.2) is 4.79 Å². The average Bonchev–Trinajstić information content (AvgIpc) is 3.21. The van der Waals surface area contributed by atoms with Crippen molar-refractivity contribution in [3.8, 4) is 0 Å². The highest BCUT2D eigenvalue weighted by molar-refractivity contribution is 6.07. The molecular formula is C23H26N2O6. The van der Waals surface area contributed by atoms with Gasteiger partial charge in [0.05, 0.1) is 31.8 Å². The molecule has 0 aliphatic carbocycles. The number of hydrogen-bond donors (Lipinski definition) is 2. The van der Waals surface area contributed by atoms with Crippen molar-refractivity contribution < 1.29 is 29.0 Å². The highest BCUT2D eigenvalue weighted by Gasteiger charge is 2.28. The maximum absolute atomic E-state index is 12.5. The van der Waals surface area contributed by atoms with Crippen LogP contribution in [0.5, 0.6) is 0 Å². The van der Waals surface area contributed by atoms with E-state index in [9.17, 15) is 19.5 Å². The summed E-state index contributed by atoms with van der Waals surface area (Å²) in [6, 6.07) is 4.73. The number of hydrogen-bond acceptors (Lipinski definition) is 7. The van der Waals surface area contributed by atoms with E-state index in [-0.39, 0.29) is 19.0 Å². The molecule has 0 saturated heterocycles. The number of aliphatic imine (C=N–C) groups is 1. The number of carboxylic acid groups (broad SMARTS) is 1. The first-order valence-corrected chi connectivity index (χ1v) is 10.2. The Hall–Kier alpha value is -3.42. The third-order valence-corrected chi connectivity index (χ3v) is 5.22. The molecule has 1 aromatic rings. The van der Waals surface area contributed by atoms with E-state index in [2.05, 4.69) is 10.3 Å². The van der Waals surface area contributed by atoms with Gasteiger partial charge in [-0.15, -0.1) is 0 Å². The van der Waals surface area contributed by atoms with Crippen molar-refractivity contribution in [2.45, 2.75) is 38.6 Å². The molecule has 8 heteroatoms. The maximum atomic E-state index is 12.5. The third kappa shape index (κ3) is 5.39. The van der Waals surface area contributed by atoms with Crippen LogP contribution in [0.25, 0.3) is 5.70 Å². The topological polar surface area (TPSA) is 114 Å². The summed E-state index contributed by atoms with van der Waals surface area (Å²) in [5, 5.41) is 12.9. The van der Waals surface area contributed by atoms with Crippen LogP contribution in [0.4, 0.5) is 5.69 Å². The van der Waals surface area contributed by atoms with E-state index in [1.165, 1.54) is 7.11 Å². The zero-order chi connectivity index (χ0) is 22.4. The number of nitrogens with one attached hydrogen (secondary N) is 1. The van der Waals surface area contributed by atoms with Crippen LogP contribution in [-0.2, 0) is 30.3 Å². The van der Waals surface area contributed by atoms with Crippen molar-refractivity contribution >= 4 is 35.0 Å². The van der Waals surface area contributed by atoms with Crippen molar-refractivity contribution in [1.82, 2.24) is 0 Å². The van der Waals surface area contributed by atoms with Crippen molar-refractivity contribution in [1.29, 1.82) is 0 Å². The lowest BCUT2D eigenvalue weighted by Gasteiger charge is -2.21. The zero-order valence-electron chi connectivity index (χ0n) is 17.6. The van der Waals surface area contributed by atoms with Gasteiger partial charge in [-0.1, -0.05) is 30.4 Å². The number of carbonyl (C=O) groups excluding carboxylic acids is 2. The van der Waals surface area contributed by atoms with E-state index >= 15 is 0 Å². The molecule has 1 aromatic carbocycles. The normalized spacial score (nSPS) is 21.2. The number of carbonyl (C=O) groups is 3. The van der Waals surface area contributed by atoms with Crippen LogP contribution in [-0.4, -0.2) is 48.5 Å². The van der Waals surface area contributed by atoms with Gasteiger partial charge >= 0.3 is 17.9 Å². The van der Waals surface area contributed by atoms with Crippen LogP contribution in [0, 0.1) is 5.92 Å². The van der Waals surface area contributed by atoms with Gasteiger partial charge in [-0.2, -0.15) is 0 Å². The minimum Gasteiger partial charge on any atom is -0.481 e. The molecule has 0 spiro atoms. The molecule has 0 saturated carbocycles. The van der Waals surface area contributed by atoms with E-state index in [1.807, 2.05) is 12.1 Å². The number of rotatable bonds is 5. The lowest BCUT2D eigenvalue weighted by atomic mass is 9.97. The highest BCUT2D eigenvalue weighted by Crippen LogP contribution is 2.33. The van der Waals surface area contributed by atoms with E-state index in [0.29, 0.717) is 36.4 Å². The van der Waals surface area contributed by atoms with E-state index in [1.54, 1.807) is 31.2 Å². The summed E-state index contributed by atoms with van der Waals surface area (Å²) in [7, 11) is 1.33. The van der Waals surface area contributed by atoms with Crippen molar-refractivity contribution in [3.63, 3.8) is 0 Å². The fourth-order valence-corrected chi connectivity index (χ4v) is 3.61. The number of ether oxygens (including phenoxy) is 2. The third-order valence-electron chi connectivity index (χ3n) is 5.22. The lowest BCUT2D eigenvalue weighted by Crippen LogP contribution is -2.31. The van der Waals surface area contributed by atoms with Gasteiger partial charge in [0.2, 0.25) is 0 Å². The molecule has 2 bridgehead atoms. The van der Waals surface area contributed by atoms with Gasteiger partial charge in [-0.3, -0.25) is 14.6 Å². The molecule has 8 nitrogen and oxygen atoms in total. The average molecular weight is 426 g/mol. The molecule has 2 aliphatic rings. The van der Waals surface area contributed by atoms with Crippen LogP contribution < -0.4 is 5.32 Å². The summed E-state index contributed by atoms with van der Waals surface area (Å²) >= 11 is 0. The number of esters is 2. The minimum atomic E-state index is -0.927. The maximum Gasteiger partial charge on any atom is 0.328 e. The van der Waals surface area contributed by atoms with Crippen LogP contribution in [0.15, 0.2) is 41.4 Å². The number of nitrogens with zero attached hydrogens (tertiary/aromatic N) is 1.